The minimum Gasteiger partial charge on any atom is -0.123 e. The van der Waals surface area contributed by atoms with Gasteiger partial charge in [-0.2, -0.15) is 0 Å². The molecule has 0 saturated carbocycles. The summed E-state index contributed by atoms with van der Waals surface area (Å²) in [5.74, 6) is 1.48. The van der Waals surface area contributed by atoms with E-state index in [1.165, 1.54) is 12.8 Å². The summed E-state index contributed by atoms with van der Waals surface area (Å²) < 4.78 is 0. The molecule has 1 aliphatic rings. The lowest BCUT2D eigenvalue weighted by molar-refractivity contribution is 0.344. The highest BCUT2D eigenvalue weighted by Crippen LogP contribution is 2.29. The number of hydrogen-bond donors (Lipinski definition) is 0. The molecular weight excluding hydrogens is 144 g/mol. The maximum Gasteiger partial charge on any atom is 0.0341 e. The van der Waals surface area contributed by atoms with E-state index in [1.54, 1.807) is 0 Å². The van der Waals surface area contributed by atoms with Gasteiger partial charge >= 0.3 is 0 Å². The van der Waals surface area contributed by atoms with Gasteiger partial charge in [0.1, 0.15) is 0 Å². The van der Waals surface area contributed by atoms with Crippen molar-refractivity contribution in [3.63, 3.8) is 0 Å². The molecule has 0 spiro atoms. The van der Waals surface area contributed by atoms with Crippen LogP contribution in [0.4, 0.5) is 0 Å². The van der Waals surface area contributed by atoms with Crippen molar-refractivity contribution >= 4 is 11.6 Å². The van der Waals surface area contributed by atoms with Crippen molar-refractivity contribution in [2.75, 3.05) is 0 Å². The van der Waals surface area contributed by atoms with Crippen molar-refractivity contribution in [2.45, 2.75) is 32.1 Å². The van der Waals surface area contributed by atoms with E-state index < -0.39 is 0 Å². The molecular formula is C9H15Cl. The van der Waals surface area contributed by atoms with Crippen LogP contribution in [0.25, 0.3) is 0 Å². The van der Waals surface area contributed by atoms with Crippen molar-refractivity contribution in [3.8, 4) is 0 Å². The maximum atomic E-state index is 6.02. The second-order valence-corrected chi connectivity index (χ2v) is 3.95. The van der Waals surface area contributed by atoms with Gasteiger partial charge in [0.25, 0.3) is 0 Å². The second-order valence-electron chi connectivity index (χ2n) is 3.26. The van der Waals surface area contributed by atoms with Gasteiger partial charge in [-0.05, 0) is 31.6 Å². The third-order valence-corrected chi connectivity index (χ3v) is 2.73. The van der Waals surface area contributed by atoms with Crippen molar-refractivity contribution < 1.29 is 0 Å². The monoisotopic (exact) mass is 158 g/mol. The van der Waals surface area contributed by atoms with Gasteiger partial charge in [-0.1, -0.05) is 19.1 Å². The van der Waals surface area contributed by atoms with Crippen LogP contribution in [0.5, 0.6) is 0 Å². The quantitative estimate of drug-likeness (QED) is 0.406. The first-order valence-corrected chi connectivity index (χ1v) is 4.44. The smallest absolute Gasteiger partial charge is 0.0341 e. The summed E-state index contributed by atoms with van der Waals surface area (Å²) >= 11 is 6.02. The Labute approximate surface area is 68.3 Å². The van der Waals surface area contributed by atoms with Crippen LogP contribution < -0.4 is 0 Å². The highest BCUT2D eigenvalue weighted by atomic mass is 35.5. The van der Waals surface area contributed by atoms with Gasteiger partial charge in [-0.25, -0.2) is 0 Å². The summed E-state index contributed by atoms with van der Waals surface area (Å²) in [6.07, 6.45) is 6.90. The minimum absolute atomic E-state index is 0.333. The molecule has 0 saturated heterocycles. The molecule has 1 heteroatoms. The highest BCUT2D eigenvalue weighted by molar-refractivity contribution is 6.20. The Kier molecular flexibility index (Phi) is 2.79. The molecule has 58 valence electrons. The summed E-state index contributed by atoms with van der Waals surface area (Å²) in [5, 5.41) is 0.333. The first-order valence-electron chi connectivity index (χ1n) is 4.01. The van der Waals surface area contributed by atoms with Gasteiger partial charge in [0.2, 0.25) is 0 Å². The molecule has 0 aromatic carbocycles. The van der Waals surface area contributed by atoms with E-state index >= 15 is 0 Å². The zero-order valence-corrected chi connectivity index (χ0v) is 7.43. The van der Waals surface area contributed by atoms with E-state index in [1.807, 2.05) is 0 Å². The van der Waals surface area contributed by atoms with Crippen molar-refractivity contribution in [3.05, 3.63) is 12.2 Å². The molecule has 0 nitrogen and oxygen atoms in total. The van der Waals surface area contributed by atoms with E-state index in [2.05, 4.69) is 26.0 Å². The van der Waals surface area contributed by atoms with E-state index in [-0.39, 0.29) is 0 Å². The van der Waals surface area contributed by atoms with Crippen LogP contribution in [0, 0.1) is 11.8 Å². The Morgan fingerprint density at radius 2 is 2.00 bits per heavy atom. The average molecular weight is 159 g/mol. The first-order chi connectivity index (χ1) is 4.72. The van der Waals surface area contributed by atoms with Crippen LogP contribution in [-0.4, -0.2) is 5.38 Å². The third kappa shape index (κ3) is 1.76. The Morgan fingerprint density at radius 1 is 1.40 bits per heavy atom. The Bertz CT molecular complexity index is 127. The lowest BCUT2D eigenvalue weighted by Gasteiger charge is -2.27. The molecule has 1 aliphatic carbocycles. The van der Waals surface area contributed by atoms with Gasteiger partial charge in [-0.15, -0.1) is 11.6 Å². The van der Waals surface area contributed by atoms with Gasteiger partial charge in [-0.3, -0.25) is 0 Å². The van der Waals surface area contributed by atoms with Gasteiger partial charge < -0.3 is 0 Å². The largest absolute Gasteiger partial charge is 0.123 e. The molecule has 0 aromatic heterocycles. The van der Waals surface area contributed by atoms with E-state index in [0.717, 1.165) is 5.92 Å². The zero-order chi connectivity index (χ0) is 7.56. The van der Waals surface area contributed by atoms with Gasteiger partial charge in [0.05, 0.1) is 0 Å². The van der Waals surface area contributed by atoms with Gasteiger partial charge in [0.15, 0.2) is 0 Å². The second kappa shape index (κ2) is 3.43. The molecule has 3 unspecified atom stereocenters. The standard InChI is InChI=1S/C9H15Cl/c1-7-5-3-4-6-9(7)8(2)10/h3-4,7-9H,5-6H2,1-2H3. The number of allylic oxidation sites excluding steroid dienone is 2. The molecule has 0 aromatic rings. The van der Waals surface area contributed by atoms with E-state index in [0.29, 0.717) is 11.3 Å². The summed E-state index contributed by atoms with van der Waals surface area (Å²) in [5.41, 5.74) is 0. The maximum absolute atomic E-state index is 6.02. The molecule has 0 radical (unpaired) electrons. The zero-order valence-electron chi connectivity index (χ0n) is 6.68. The first kappa shape index (κ1) is 8.13. The molecule has 0 fully saturated rings. The predicted octanol–water partition coefficient (Wildman–Crippen LogP) is 3.22. The van der Waals surface area contributed by atoms with Crippen LogP contribution in [0.2, 0.25) is 0 Å². The molecule has 10 heavy (non-hydrogen) atoms. The number of halogens is 1. The number of alkyl halides is 1. The Hall–Kier alpha value is 0.0300. The van der Waals surface area contributed by atoms with Crippen LogP contribution in [0.3, 0.4) is 0 Å². The van der Waals surface area contributed by atoms with Gasteiger partial charge in [0, 0.05) is 5.38 Å². The topological polar surface area (TPSA) is 0 Å². The lowest BCUT2D eigenvalue weighted by Crippen LogP contribution is -2.21. The number of hydrogen-bond acceptors (Lipinski definition) is 0. The fourth-order valence-electron chi connectivity index (χ4n) is 1.61. The van der Waals surface area contributed by atoms with Crippen molar-refractivity contribution in [1.82, 2.24) is 0 Å². The summed E-state index contributed by atoms with van der Waals surface area (Å²) in [6, 6.07) is 0. The fourth-order valence-corrected chi connectivity index (χ4v) is 1.96. The normalized spacial score (nSPS) is 35.9. The fraction of sp³-hybridized carbons (Fsp3) is 0.778. The molecule has 0 heterocycles. The SMILES string of the molecule is CC(Cl)C1CC=CCC1C. The molecule has 0 amide bonds. The molecule has 0 aliphatic heterocycles. The summed E-state index contributed by atoms with van der Waals surface area (Å²) in [6.45, 7) is 4.38. The molecule has 1 rings (SSSR count). The van der Waals surface area contributed by atoms with E-state index in [4.69, 9.17) is 11.6 Å². The highest BCUT2D eigenvalue weighted by Gasteiger charge is 2.22. The Morgan fingerprint density at radius 3 is 2.40 bits per heavy atom. The molecule has 0 bridgehead atoms. The minimum atomic E-state index is 0.333. The average Bonchev–Trinajstić information content (AvgIpc) is 1.88. The van der Waals surface area contributed by atoms with Crippen molar-refractivity contribution in [2.24, 2.45) is 11.8 Å². The summed E-state index contributed by atoms with van der Waals surface area (Å²) in [7, 11) is 0. The van der Waals surface area contributed by atoms with Crippen LogP contribution >= 0.6 is 11.6 Å². The molecule has 3 atom stereocenters. The third-order valence-electron chi connectivity index (χ3n) is 2.40. The predicted molar refractivity (Wildman–Crippen MR) is 46.3 cm³/mol. The van der Waals surface area contributed by atoms with Crippen LogP contribution in [0.1, 0.15) is 26.7 Å². The van der Waals surface area contributed by atoms with Crippen LogP contribution in [-0.2, 0) is 0 Å². The van der Waals surface area contributed by atoms with Crippen molar-refractivity contribution in [1.29, 1.82) is 0 Å². The lowest BCUT2D eigenvalue weighted by atomic mass is 9.82. The Balaban J connectivity index is 2.51. The molecule has 0 N–H and O–H groups in total. The summed E-state index contributed by atoms with van der Waals surface area (Å²) in [4.78, 5) is 0. The van der Waals surface area contributed by atoms with E-state index in [9.17, 15) is 0 Å². The number of rotatable bonds is 1. The van der Waals surface area contributed by atoms with Crippen LogP contribution in [0.15, 0.2) is 12.2 Å².